The molecule has 1 aliphatic rings. The first-order valence-corrected chi connectivity index (χ1v) is 11.5. The van der Waals surface area contributed by atoms with E-state index in [0.29, 0.717) is 17.0 Å². The zero-order valence-electron chi connectivity index (χ0n) is 19.6. The number of carbonyl (C=O) groups is 3. The highest BCUT2D eigenvalue weighted by molar-refractivity contribution is 5.97. The average molecular weight is 452 g/mol. The lowest BCUT2D eigenvalue weighted by molar-refractivity contribution is -0.124. The van der Waals surface area contributed by atoms with Gasteiger partial charge in [-0.15, -0.1) is 0 Å². The Bertz CT molecular complexity index is 974. The molecule has 2 aromatic carbocycles. The smallest absolute Gasteiger partial charge is 0.276 e. The summed E-state index contributed by atoms with van der Waals surface area (Å²) in [7, 11) is 0. The maximum atomic E-state index is 12.4. The van der Waals surface area contributed by atoms with Gasteiger partial charge in [0.15, 0.2) is 6.61 Å². The van der Waals surface area contributed by atoms with Crippen LogP contribution in [0.2, 0.25) is 0 Å². The van der Waals surface area contributed by atoms with Crippen LogP contribution in [0.25, 0.3) is 0 Å². The minimum Gasteiger partial charge on any atom is -0.483 e. The first-order valence-electron chi connectivity index (χ1n) is 11.5. The van der Waals surface area contributed by atoms with E-state index >= 15 is 0 Å². The minimum atomic E-state index is -0.469. The summed E-state index contributed by atoms with van der Waals surface area (Å²) in [5.74, 6) is -0.189. The van der Waals surface area contributed by atoms with Gasteiger partial charge in [-0.25, -0.2) is 0 Å². The van der Waals surface area contributed by atoms with E-state index in [-0.39, 0.29) is 23.8 Å². The molecule has 3 amide bonds. The van der Waals surface area contributed by atoms with Crippen LogP contribution in [0.1, 0.15) is 68.8 Å². The summed E-state index contributed by atoms with van der Waals surface area (Å²) in [6.07, 6.45) is 5.24. The Morgan fingerprint density at radius 1 is 0.909 bits per heavy atom. The van der Waals surface area contributed by atoms with Crippen molar-refractivity contribution in [3.8, 4) is 5.75 Å². The van der Waals surface area contributed by atoms with E-state index in [2.05, 4.69) is 36.9 Å². The molecule has 1 fully saturated rings. The van der Waals surface area contributed by atoms with E-state index in [1.54, 1.807) is 24.3 Å². The van der Waals surface area contributed by atoms with Crippen LogP contribution in [0, 0.1) is 5.92 Å². The van der Waals surface area contributed by atoms with Crippen LogP contribution in [-0.2, 0) is 15.0 Å². The summed E-state index contributed by atoms with van der Waals surface area (Å²) < 4.78 is 5.66. The summed E-state index contributed by atoms with van der Waals surface area (Å²) in [4.78, 5) is 36.8. The fourth-order valence-corrected chi connectivity index (χ4v) is 3.90. The molecule has 3 rings (SSSR count). The second-order valence-corrected chi connectivity index (χ2v) is 9.44. The van der Waals surface area contributed by atoms with E-state index in [1.807, 2.05) is 24.3 Å². The number of hydrogen-bond acceptors (Lipinski definition) is 4. The summed E-state index contributed by atoms with van der Waals surface area (Å²) in [6, 6.07) is 14.2. The lowest BCUT2D eigenvalue weighted by Crippen LogP contribution is -2.43. The van der Waals surface area contributed by atoms with Gasteiger partial charge in [-0.05, 0) is 54.2 Å². The molecule has 0 spiro atoms. The molecule has 2 aromatic rings. The normalized spacial score (nSPS) is 14.3. The van der Waals surface area contributed by atoms with E-state index in [0.717, 1.165) is 31.2 Å². The first-order chi connectivity index (χ1) is 15.7. The number of rotatable bonds is 6. The first kappa shape index (κ1) is 24.3. The molecule has 0 radical (unpaired) electrons. The van der Waals surface area contributed by atoms with Crippen LogP contribution >= 0.6 is 0 Å². The van der Waals surface area contributed by atoms with Gasteiger partial charge in [0.05, 0.1) is 0 Å². The Morgan fingerprint density at radius 2 is 1.58 bits per heavy atom. The Hall–Kier alpha value is -3.35. The molecule has 0 aliphatic heterocycles. The Morgan fingerprint density at radius 3 is 2.24 bits per heavy atom. The van der Waals surface area contributed by atoms with Crippen molar-refractivity contribution in [3.05, 3.63) is 59.7 Å². The number of hydrogen-bond donors (Lipinski definition) is 3. The predicted octanol–water partition coefficient (Wildman–Crippen LogP) is 4.34. The van der Waals surface area contributed by atoms with E-state index in [9.17, 15) is 14.4 Å². The molecule has 3 N–H and O–H groups in total. The summed E-state index contributed by atoms with van der Waals surface area (Å²) >= 11 is 0. The number of ether oxygens (including phenoxy) is 1. The third-order valence-corrected chi connectivity index (χ3v) is 5.76. The van der Waals surface area contributed by atoms with Crippen molar-refractivity contribution in [1.82, 2.24) is 10.9 Å². The zero-order chi connectivity index (χ0) is 23.8. The monoisotopic (exact) mass is 451 g/mol. The second kappa shape index (κ2) is 11.0. The predicted molar refractivity (Wildman–Crippen MR) is 128 cm³/mol. The van der Waals surface area contributed by atoms with Crippen molar-refractivity contribution >= 4 is 23.4 Å². The molecule has 176 valence electrons. The van der Waals surface area contributed by atoms with Crippen LogP contribution < -0.4 is 20.9 Å². The van der Waals surface area contributed by atoms with Gasteiger partial charge >= 0.3 is 0 Å². The number of para-hydroxylation sites is 1. The molecule has 0 aromatic heterocycles. The Kier molecular flexibility index (Phi) is 8.09. The van der Waals surface area contributed by atoms with Crippen LogP contribution in [0.5, 0.6) is 5.75 Å². The molecule has 7 nitrogen and oxygen atoms in total. The standard InChI is InChI=1S/C26H33N3O4/c1-26(2,3)21-11-7-8-12-22(21)33-17-23(30)28-29-25(32)19-13-15-20(16-14-19)27-24(31)18-9-5-4-6-10-18/h7-8,11-16,18H,4-6,9-10,17H2,1-3H3,(H,27,31)(H,28,30)(H,29,32). The van der Waals surface area contributed by atoms with Crippen molar-refractivity contribution in [2.75, 3.05) is 11.9 Å². The molecule has 0 saturated heterocycles. The maximum absolute atomic E-state index is 12.4. The maximum Gasteiger partial charge on any atom is 0.276 e. The molecule has 0 atom stereocenters. The molecule has 1 saturated carbocycles. The highest BCUT2D eigenvalue weighted by Gasteiger charge is 2.21. The molecular weight excluding hydrogens is 418 g/mol. The van der Waals surface area contributed by atoms with E-state index in [1.165, 1.54) is 6.42 Å². The highest BCUT2D eigenvalue weighted by Crippen LogP contribution is 2.30. The van der Waals surface area contributed by atoms with Crippen molar-refractivity contribution in [3.63, 3.8) is 0 Å². The van der Waals surface area contributed by atoms with Crippen molar-refractivity contribution in [2.24, 2.45) is 5.92 Å². The molecule has 7 heteroatoms. The lowest BCUT2D eigenvalue weighted by Gasteiger charge is -2.22. The number of carbonyl (C=O) groups excluding carboxylic acids is 3. The van der Waals surface area contributed by atoms with Crippen LogP contribution in [0.15, 0.2) is 48.5 Å². The largest absolute Gasteiger partial charge is 0.483 e. The number of anilines is 1. The minimum absolute atomic E-state index is 0.0344. The summed E-state index contributed by atoms with van der Waals surface area (Å²) in [6.45, 7) is 5.99. The summed E-state index contributed by atoms with van der Waals surface area (Å²) in [5, 5.41) is 2.92. The molecule has 0 heterocycles. The Balaban J connectivity index is 1.46. The molecular formula is C26H33N3O4. The van der Waals surface area contributed by atoms with Gasteiger partial charge in [-0.2, -0.15) is 0 Å². The van der Waals surface area contributed by atoms with Crippen LogP contribution in [-0.4, -0.2) is 24.3 Å². The van der Waals surface area contributed by atoms with Gasteiger partial charge in [0, 0.05) is 17.2 Å². The zero-order valence-corrected chi connectivity index (χ0v) is 19.6. The molecule has 0 bridgehead atoms. The third-order valence-electron chi connectivity index (χ3n) is 5.76. The third kappa shape index (κ3) is 7.07. The van der Waals surface area contributed by atoms with Crippen molar-refractivity contribution in [2.45, 2.75) is 58.3 Å². The van der Waals surface area contributed by atoms with Gasteiger partial charge in [-0.3, -0.25) is 25.2 Å². The molecule has 1 aliphatic carbocycles. The van der Waals surface area contributed by atoms with Crippen molar-refractivity contribution < 1.29 is 19.1 Å². The van der Waals surface area contributed by atoms with Gasteiger partial charge in [0.25, 0.3) is 11.8 Å². The van der Waals surface area contributed by atoms with Gasteiger partial charge in [0.1, 0.15) is 5.75 Å². The number of hydrazine groups is 1. The molecule has 33 heavy (non-hydrogen) atoms. The van der Waals surface area contributed by atoms with Gasteiger partial charge in [0.2, 0.25) is 5.91 Å². The SMILES string of the molecule is CC(C)(C)c1ccccc1OCC(=O)NNC(=O)c1ccc(NC(=O)C2CCCCC2)cc1. The average Bonchev–Trinajstić information content (AvgIpc) is 2.81. The van der Waals surface area contributed by atoms with Gasteiger partial charge < -0.3 is 10.1 Å². The summed E-state index contributed by atoms with van der Waals surface area (Å²) in [5.41, 5.74) is 6.64. The van der Waals surface area contributed by atoms with Crippen LogP contribution in [0.4, 0.5) is 5.69 Å². The fourth-order valence-electron chi connectivity index (χ4n) is 3.90. The van der Waals surface area contributed by atoms with Crippen molar-refractivity contribution in [1.29, 1.82) is 0 Å². The van der Waals surface area contributed by atoms with E-state index in [4.69, 9.17) is 4.74 Å². The topological polar surface area (TPSA) is 96.5 Å². The lowest BCUT2D eigenvalue weighted by atomic mass is 9.86. The highest BCUT2D eigenvalue weighted by atomic mass is 16.5. The quantitative estimate of drug-likeness (QED) is 0.569. The fraction of sp³-hybridized carbons (Fsp3) is 0.423. The van der Waals surface area contributed by atoms with Gasteiger partial charge in [-0.1, -0.05) is 58.2 Å². The second-order valence-electron chi connectivity index (χ2n) is 9.44. The molecule has 0 unspecified atom stereocenters. The Labute approximate surface area is 195 Å². The number of amides is 3. The van der Waals surface area contributed by atoms with Crippen LogP contribution in [0.3, 0.4) is 0 Å². The van der Waals surface area contributed by atoms with E-state index < -0.39 is 11.8 Å². The number of nitrogens with one attached hydrogen (secondary N) is 3. The number of benzene rings is 2.